The van der Waals surface area contributed by atoms with Gasteiger partial charge in [0.15, 0.2) is 4.90 Å². The van der Waals surface area contributed by atoms with Crippen molar-refractivity contribution in [3.63, 3.8) is 0 Å². The average Bonchev–Trinajstić information content (AvgIpc) is 2.89. The van der Waals surface area contributed by atoms with Crippen LogP contribution in [0.5, 0.6) is 5.75 Å². The summed E-state index contributed by atoms with van der Waals surface area (Å²) in [6.07, 6.45) is -9.92. The molecular formula is C29H29F6NO4S. The fraction of sp³-hybridized carbons (Fsp3) is 0.345. The minimum absolute atomic E-state index is 0.0282. The van der Waals surface area contributed by atoms with Gasteiger partial charge in [-0.1, -0.05) is 26.0 Å². The minimum Gasteiger partial charge on any atom is -0.612 e. The van der Waals surface area contributed by atoms with Crippen LogP contribution in [0.1, 0.15) is 60.5 Å². The summed E-state index contributed by atoms with van der Waals surface area (Å²) in [6, 6.07) is 9.59. The van der Waals surface area contributed by atoms with E-state index in [1.807, 2.05) is 19.9 Å². The largest absolute Gasteiger partial charge is 0.612 e. The Morgan fingerprint density at radius 3 is 2.05 bits per heavy atom. The van der Waals surface area contributed by atoms with Gasteiger partial charge >= 0.3 is 18.4 Å². The van der Waals surface area contributed by atoms with Crippen molar-refractivity contribution in [3.05, 3.63) is 82.4 Å². The van der Waals surface area contributed by atoms with Crippen molar-refractivity contribution >= 4 is 17.3 Å². The topological polar surface area (TPSA) is 72.8 Å². The molecule has 0 aliphatic carbocycles. The van der Waals surface area contributed by atoms with Crippen molar-refractivity contribution < 1.29 is 45.5 Å². The van der Waals surface area contributed by atoms with Gasteiger partial charge in [0.25, 0.3) is 0 Å². The molecule has 0 aliphatic rings. The maximum atomic E-state index is 13.7. The number of hydrogen-bond donors (Lipinski definition) is 1. The van der Waals surface area contributed by atoms with E-state index >= 15 is 0 Å². The molecule has 0 aliphatic heterocycles. The standard InChI is InChI=1S/C29H29F6NO4S/c1-16(2)18-6-9-26(40-4)25(13-18)24-8-7-21(28(30,31)32)11-20(24)15-36(27(37)38)17(3)19-10-22(29(33,34)35)14-23(12-19)41(5)39/h6-14,16-17H,15H2,1-5H3,(H,37,38). The third kappa shape index (κ3) is 7.48. The number of nitrogens with zero attached hydrogens (tertiary/aromatic N) is 1. The van der Waals surface area contributed by atoms with Crippen LogP contribution in [-0.4, -0.2) is 34.0 Å². The molecule has 0 spiro atoms. The van der Waals surface area contributed by atoms with Crippen LogP contribution in [0, 0.1) is 0 Å². The van der Waals surface area contributed by atoms with Gasteiger partial charge in [0, 0.05) is 11.6 Å². The Morgan fingerprint density at radius 1 is 0.902 bits per heavy atom. The second kappa shape index (κ2) is 12.2. The predicted octanol–water partition coefficient (Wildman–Crippen LogP) is 8.50. The number of halogens is 6. The van der Waals surface area contributed by atoms with Crippen LogP contribution < -0.4 is 4.74 Å². The highest BCUT2D eigenvalue weighted by Crippen LogP contribution is 2.40. The molecule has 1 amide bonds. The van der Waals surface area contributed by atoms with Crippen molar-refractivity contribution in [2.24, 2.45) is 0 Å². The summed E-state index contributed by atoms with van der Waals surface area (Å²) >= 11 is -1.82. The zero-order chi connectivity index (χ0) is 30.9. The average molecular weight is 602 g/mol. The molecule has 2 atom stereocenters. The van der Waals surface area contributed by atoms with Crippen molar-refractivity contribution in [1.29, 1.82) is 0 Å². The molecule has 3 aromatic carbocycles. The zero-order valence-electron chi connectivity index (χ0n) is 22.9. The summed E-state index contributed by atoms with van der Waals surface area (Å²) in [5, 5.41) is 10.1. The van der Waals surface area contributed by atoms with Crippen LogP contribution in [0.3, 0.4) is 0 Å². The lowest BCUT2D eigenvalue weighted by Crippen LogP contribution is -2.32. The Labute approximate surface area is 236 Å². The van der Waals surface area contributed by atoms with E-state index in [2.05, 4.69) is 0 Å². The molecule has 0 fully saturated rings. The number of amides is 1. The van der Waals surface area contributed by atoms with E-state index in [1.54, 1.807) is 12.1 Å². The van der Waals surface area contributed by atoms with Gasteiger partial charge in [-0.2, -0.15) is 26.3 Å². The van der Waals surface area contributed by atoms with E-state index < -0.39 is 53.3 Å². The first-order chi connectivity index (χ1) is 18.9. The Bertz CT molecular complexity index is 1410. The summed E-state index contributed by atoms with van der Waals surface area (Å²) in [7, 11) is 1.40. The molecule has 0 aromatic heterocycles. The van der Waals surface area contributed by atoms with Gasteiger partial charge in [-0.05, 0) is 82.7 Å². The van der Waals surface area contributed by atoms with Crippen LogP contribution >= 0.6 is 0 Å². The Balaban J connectivity index is 2.21. The van der Waals surface area contributed by atoms with Gasteiger partial charge in [-0.3, -0.25) is 4.90 Å². The second-order valence-electron chi connectivity index (χ2n) is 9.81. The van der Waals surface area contributed by atoms with Gasteiger partial charge in [0.1, 0.15) is 12.0 Å². The zero-order valence-corrected chi connectivity index (χ0v) is 23.7. The van der Waals surface area contributed by atoms with Crippen molar-refractivity contribution in [1.82, 2.24) is 4.90 Å². The minimum atomic E-state index is -4.80. The lowest BCUT2D eigenvalue weighted by atomic mass is 9.92. The van der Waals surface area contributed by atoms with E-state index in [4.69, 9.17) is 4.74 Å². The summed E-state index contributed by atoms with van der Waals surface area (Å²) in [5.74, 6) is 0.408. The van der Waals surface area contributed by atoms with Crippen LogP contribution in [-0.2, 0) is 30.1 Å². The Morgan fingerprint density at radius 2 is 1.54 bits per heavy atom. The Kier molecular flexibility index (Phi) is 9.59. The fourth-order valence-corrected chi connectivity index (χ4v) is 4.98. The lowest BCUT2D eigenvalue weighted by molar-refractivity contribution is -0.138. The van der Waals surface area contributed by atoms with Gasteiger partial charge in [0.05, 0.1) is 30.8 Å². The van der Waals surface area contributed by atoms with Crippen LogP contribution in [0.4, 0.5) is 31.1 Å². The summed E-state index contributed by atoms with van der Waals surface area (Å²) < 4.78 is 99.5. The van der Waals surface area contributed by atoms with Gasteiger partial charge in [0.2, 0.25) is 0 Å². The summed E-state index contributed by atoms with van der Waals surface area (Å²) in [5.41, 5.74) is -0.708. The normalized spacial score (nSPS) is 13.7. The highest BCUT2D eigenvalue weighted by Gasteiger charge is 2.35. The van der Waals surface area contributed by atoms with E-state index in [-0.39, 0.29) is 27.5 Å². The van der Waals surface area contributed by atoms with Gasteiger partial charge in [-0.15, -0.1) is 0 Å². The van der Waals surface area contributed by atoms with Gasteiger partial charge in [-0.25, -0.2) is 4.79 Å². The van der Waals surface area contributed by atoms with E-state index in [1.165, 1.54) is 32.4 Å². The van der Waals surface area contributed by atoms with Crippen molar-refractivity contribution in [3.8, 4) is 16.9 Å². The molecule has 5 nitrogen and oxygen atoms in total. The molecule has 0 saturated carbocycles. The SMILES string of the molecule is COc1ccc(C(C)C)cc1-c1ccc(C(F)(F)F)cc1CN(C(=O)O)C(C)c1cc([S+](C)[O-])cc(C(F)(F)F)c1. The van der Waals surface area contributed by atoms with Crippen molar-refractivity contribution in [2.45, 2.75) is 56.5 Å². The summed E-state index contributed by atoms with van der Waals surface area (Å²) in [6.45, 7) is 4.59. The number of carboxylic acid groups (broad SMARTS) is 1. The number of methoxy groups -OCH3 is 1. The second-order valence-corrected chi connectivity index (χ2v) is 11.2. The molecule has 0 bridgehead atoms. The first-order valence-corrected chi connectivity index (χ1v) is 13.9. The highest BCUT2D eigenvalue weighted by molar-refractivity contribution is 7.90. The first-order valence-electron chi connectivity index (χ1n) is 12.4. The number of benzene rings is 3. The molecule has 0 saturated heterocycles. The summed E-state index contributed by atoms with van der Waals surface area (Å²) in [4.78, 5) is 13.0. The molecule has 41 heavy (non-hydrogen) atoms. The molecule has 3 aromatic rings. The van der Waals surface area contributed by atoms with Crippen LogP contribution in [0.15, 0.2) is 59.5 Å². The maximum Gasteiger partial charge on any atom is 0.416 e. The van der Waals surface area contributed by atoms with E-state index in [0.717, 1.165) is 34.7 Å². The van der Waals surface area contributed by atoms with Gasteiger partial charge < -0.3 is 14.4 Å². The number of carbonyl (C=O) groups is 1. The quantitative estimate of drug-likeness (QED) is 0.208. The van der Waals surface area contributed by atoms with Crippen molar-refractivity contribution in [2.75, 3.05) is 13.4 Å². The Hall–Kier alpha value is -3.38. The molecule has 0 radical (unpaired) electrons. The molecule has 222 valence electrons. The molecule has 12 heteroatoms. The molecule has 3 rings (SSSR count). The number of ether oxygens (including phenoxy) is 1. The molecule has 2 unspecified atom stereocenters. The third-order valence-electron chi connectivity index (χ3n) is 6.74. The number of alkyl halides is 6. The molecule has 1 N–H and O–H groups in total. The number of rotatable bonds is 8. The highest BCUT2D eigenvalue weighted by atomic mass is 32.2. The van der Waals surface area contributed by atoms with E-state index in [0.29, 0.717) is 11.3 Å². The van der Waals surface area contributed by atoms with Crippen LogP contribution in [0.2, 0.25) is 0 Å². The van der Waals surface area contributed by atoms with Crippen LogP contribution in [0.25, 0.3) is 11.1 Å². The predicted molar refractivity (Wildman–Crippen MR) is 143 cm³/mol. The molecule has 0 heterocycles. The maximum absolute atomic E-state index is 13.7. The monoisotopic (exact) mass is 601 g/mol. The lowest BCUT2D eigenvalue weighted by Gasteiger charge is -2.29. The first kappa shape index (κ1) is 32.1. The van der Waals surface area contributed by atoms with E-state index in [9.17, 15) is 40.8 Å². The number of hydrogen-bond acceptors (Lipinski definition) is 3. The fourth-order valence-electron chi connectivity index (χ4n) is 4.39. The third-order valence-corrected chi connectivity index (χ3v) is 7.64. The molecular weight excluding hydrogens is 572 g/mol. The smallest absolute Gasteiger partial charge is 0.416 e.